The van der Waals surface area contributed by atoms with Crippen LogP contribution < -0.4 is 0 Å². The molecule has 5 aliphatic rings. The second-order valence-electron chi connectivity index (χ2n) is 7.17. The monoisotopic (exact) mass is 288 g/mol. The molecule has 0 N–H and O–H groups in total. The largest absolute Gasteiger partial charge is 0.189 e. The number of hydrogen-bond donors (Lipinski definition) is 0. The van der Waals surface area contributed by atoms with Crippen LogP contribution in [0.5, 0.6) is 0 Å². The molecule has 0 aromatic heterocycles. The molecule has 0 radical (unpaired) electrons. The van der Waals surface area contributed by atoms with E-state index in [-0.39, 0.29) is 10.8 Å². The fraction of sp³-hybridized carbons (Fsp3) is 0.400. The van der Waals surface area contributed by atoms with Crippen molar-refractivity contribution >= 4 is 0 Å². The van der Waals surface area contributed by atoms with Gasteiger partial charge in [-0.3, -0.25) is 0 Å². The SMILES string of the molecule is C[C@@]12C3=CCC=C1C1=C(CN=NC1)C1=CCC=C(C=C3)[C@]12C. The number of azo groups is 1. The summed E-state index contributed by atoms with van der Waals surface area (Å²) >= 11 is 0. The van der Waals surface area contributed by atoms with Crippen LogP contribution in [0.2, 0.25) is 0 Å². The van der Waals surface area contributed by atoms with Crippen molar-refractivity contribution in [2.45, 2.75) is 26.7 Å². The van der Waals surface area contributed by atoms with Crippen LogP contribution in [0.1, 0.15) is 26.7 Å². The van der Waals surface area contributed by atoms with Crippen LogP contribution in [-0.4, -0.2) is 13.1 Å². The van der Waals surface area contributed by atoms with Gasteiger partial charge in [-0.25, -0.2) is 0 Å². The molecule has 5 rings (SSSR count). The van der Waals surface area contributed by atoms with Crippen LogP contribution in [0.4, 0.5) is 0 Å². The predicted octanol–water partition coefficient (Wildman–Crippen LogP) is 4.86. The Morgan fingerprint density at radius 2 is 1.18 bits per heavy atom. The number of allylic oxidation sites excluding steroid dienone is 8. The second kappa shape index (κ2) is 3.87. The minimum absolute atomic E-state index is 0.0454. The van der Waals surface area contributed by atoms with Gasteiger partial charge in [0.25, 0.3) is 0 Å². The van der Waals surface area contributed by atoms with E-state index in [0.717, 1.165) is 25.9 Å². The Balaban J connectivity index is 1.90. The smallest absolute Gasteiger partial charge is 0.0855 e. The summed E-state index contributed by atoms with van der Waals surface area (Å²) in [6.45, 7) is 6.38. The fourth-order valence-corrected chi connectivity index (χ4v) is 5.28. The third kappa shape index (κ3) is 1.17. The quantitative estimate of drug-likeness (QED) is 0.608. The van der Waals surface area contributed by atoms with Crippen molar-refractivity contribution < 1.29 is 0 Å². The van der Waals surface area contributed by atoms with Gasteiger partial charge < -0.3 is 0 Å². The zero-order valence-electron chi connectivity index (χ0n) is 13.2. The number of rotatable bonds is 0. The van der Waals surface area contributed by atoms with Crippen LogP contribution in [0.25, 0.3) is 0 Å². The lowest BCUT2D eigenvalue weighted by Crippen LogP contribution is -2.50. The minimum Gasteiger partial charge on any atom is -0.189 e. The Labute approximate surface area is 131 Å². The minimum atomic E-state index is 0.0454. The van der Waals surface area contributed by atoms with Gasteiger partial charge in [0.15, 0.2) is 0 Å². The van der Waals surface area contributed by atoms with Crippen LogP contribution in [-0.2, 0) is 0 Å². The Hall–Kier alpha value is -1.96. The highest BCUT2D eigenvalue weighted by atomic mass is 15.1. The molecular weight excluding hydrogens is 268 g/mol. The molecule has 0 amide bonds. The molecule has 1 aliphatic heterocycles. The molecule has 110 valence electrons. The second-order valence-corrected chi connectivity index (χ2v) is 7.17. The molecule has 0 bridgehead atoms. The average molecular weight is 288 g/mol. The highest BCUT2D eigenvalue weighted by Gasteiger charge is 2.59. The van der Waals surface area contributed by atoms with Gasteiger partial charge in [0.2, 0.25) is 0 Å². The highest BCUT2D eigenvalue weighted by Crippen LogP contribution is 2.68. The van der Waals surface area contributed by atoms with Gasteiger partial charge in [-0.1, -0.05) is 50.3 Å². The Kier molecular flexibility index (Phi) is 2.21. The first kappa shape index (κ1) is 12.6. The molecule has 0 unspecified atom stereocenters. The topological polar surface area (TPSA) is 24.7 Å². The van der Waals surface area contributed by atoms with Crippen molar-refractivity contribution in [3.05, 3.63) is 69.9 Å². The van der Waals surface area contributed by atoms with Crippen LogP contribution in [0.15, 0.2) is 80.1 Å². The normalized spacial score (nSPS) is 37.7. The lowest BCUT2D eigenvalue weighted by Gasteiger charge is -2.59. The lowest BCUT2D eigenvalue weighted by molar-refractivity contribution is 0.234. The fourth-order valence-electron chi connectivity index (χ4n) is 5.28. The van der Waals surface area contributed by atoms with Gasteiger partial charge in [-0.05, 0) is 46.3 Å². The maximum Gasteiger partial charge on any atom is 0.0855 e. The molecule has 0 spiro atoms. The molecule has 22 heavy (non-hydrogen) atoms. The van der Waals surface area contributed by atoms with Crippen molar-refractivity contribution in [2.75, 3.05) is 13.1 Å². The van der Waals surface area contributed by atoms with Crippen molar-refractivity contribution in [1.29, 1.82) is 0 Å². The van der Waals surface area contributed by atoms with Gasteiger partial charge in [-0.15, -0.1) is 0 Å². The van der Waals surface area contributed by atoms with Crippen molar-refractivity contribution in [1.82, 2.24) is 0 Å². The molecule has 4 aliphatic carbocycles. The average Bonchev–Trinajstić information content (AvgIpc) is 2.54. The molecule has 2 heteroatoms. The highest BCUT2D eigenvalue weighted by molar-refractivity contribution is 5.70. The lowest BCUT2D eigenvalue weighted by atomic mass is 9.44. The van der Waals surface area contributed by atoms with E-state index in [4.69, 9.17) is 0 Å². The van der Waals surface area contributed by atoms with Crippen molar-refractivity contribution in [2.24, 2.45) is 21.1 Å². The summed E-state index contributed by atoms with van der Waals surface area (Å²) in [7, 11) is 0. The zero-order valence-corrected chi connectivity index (χ0v) is 13.2. The van der Waals surface area contributed by atoms with Gasteiger partial charge >= 0.3 is 0 Å². The molecule has 2 atom stereocenters. The van der Waals surface area contributed by atoms with Crippen LogP contribution >= 0.6 is 0 Å². The molecule has 0 aromatic carbocycles. The van der Waals surface area contributed by atoms with E-state index in [1.54, 1.807) is 0 Å². The standard InChI is InChI=1S/C20H20N2/c1-19-13-5-3-7-17(19)15-11-21-22-12-16(15)18-8-4-6-14(10-9-13)20(18,19)2/h5-10H,3-4,11-12H2,1-2H3/t19-,20-/m1/s1. The summed E-state index contributed by atoms with van der Waals surface area (Å²) in [6, 6.07) is 0. The molecular formula is C20H20N2. The molecule has 1 heterocycles. The molecule has 0 aromatic rings. The first-order valence-corrected chi connectivity index (χ1v) is 8.24. The Bertz CT molecular complexity index is 747. The maximum atomic E-state index is 4.35. The van der Waals surface area contributed by atoms with Crippen molar-refractivity contribution in [3.63, 3.8) is 0 Å². The van der Waals surface area contributed by atoms with E-state index in [1.807, 2.05) is 0 Å². The summed E-state index contributed by atoms with van der Waals surface area (Å²) in [5.74, 6) is 0. The predicted molar refractivity (Wildman–Crippen MR) is 88.5 cm³/mol. The number of fused-ring (bicyclic) bond motifs is 2. The van der Waals surface area contributed by atoms with E-state index in [1.165, 1.54) is 33.4 Å². The van der Waals surface area contributed by atoms with E-state index < -0.39 is 0 Å². The third-order valence-corrected chi connectivity index (χ3v) is 6.57. The molecule has 2 nitrogen and oxygen atoms in total. The van der Waals surface area contributed by atoms with Gasteiger partial charge in [-0.2, -0.15) is 10.2 Å². The Morgan fingerprint density at radius 3 is 1.64 bits per heavy atom. The summed E-state index contributed by atoms with van der Waals surface area (Å²) < 4.78 is 0. The van der Waals surface area contributed by atoms with Gasteiger partial charge in [0, 0.05) is 10.8 Å². The summed E-state index contributed by atoms with van der Waals surface area (Å²) in [5.41, 5.74) is 8.96. The number of hydrogen-bond acceptors (Lipinski definition) is 2. The molecule has 0 saturated carbocycles. The van der Waals surface area contributed by atoms with Crippen LogP contribution in [0.3, 0.4) is 0 Å². The first-order chi connectivity index (χ1) is 10.7. The van der Waals surface area contributed by atoms with Gasteiger partial charge in [0.1, 0.15) is 0 Å². The zero-order chi connectivity index (χ0) is 14.9. The van der Waals surface area contributed by atoms with Crippen LogP contribution in [0, 0.1) is 10.8 Å². The summed E-state index contributed by atoms with van der Waals surface area (Å²) in [4.78, 5) is 0. The molecule has 0 saturated heterocycles. The van der Waals surface area contributed by atoms with E-state index in [2.05, 4.69) is 60.5 Å². The van der Waals surface area contributed by atoms with E-state index >= 15 is 0 Å². The van der Waals surface area contributed by atoms with E-state index in [9.17, 15) is 0 Å². The maximum absolute atomic E-state index is 4.35. The summed E-state index contributed by atoms with van der Waals surface area (Å²) in [6.07, 6.45) is 16.5. The Morgan fingerprint density at radius 1 is 0.727 bits per heavy atom. The van der Waals surface area contributed by atoms with Crippen molar-refractivity contribution in [3.8, 4) is 0 Å². The van der Waals surface area contributed by atoms with E-state index in [0.29, 0.717) is 0 Å². The molecule has 0 fully saturated rings. The van der Waals surface area contributed by atoms with Gasteiger partial charge in [0.05, 0.1) is 13.1 Å². The first-order valence-electron chi connectivity index (χ1n) is 8.24. The summed E-state index contributed by atoms with van der Waals surface area (Å²) in [5, 5.41) is 8.71. The number of nitrogens with zero attached hydrogens (tertiary/aromatic N) is 2. The third-order valence-electron chi connectivity index (χ3n) is 6.57.